The number of nitrogens with zero attached hydrogens (tertiary/aromatic N) is 1. The van der Waals surface area contributed by atoms with Crippen LogP contribution in [0.1, 0.15) is 19.3 Å². The summed E-state index contributed by atoms with van der Waals surface area (Å²) in [6.07, 6.45) is 3.87. The third-order valence-electron chi connectivity index (χ3n) is 4.44. The largest absolute Gasteiger partial charge is 0.355 e. The SMILES string of the molecule is O=C(CN1CCC2CNCC2C1)NCC1CC1. The Balaban J connectivity index is 1.40. The normalized spacial score (nSPS) is 33.4. The van der Waals surface area contributed by atoms with E-state index in [1.165, 1.54) is 25.8 Å². The number of carbonyl (C=O) groups excluding carboxylic acids is 1. The molecule has 1 saturated carbocycles. The number of hydrogen-bond acceptors (Lipinski definition) is 3. The second-order valence-electron chi connectivity index (χ2n) is 5.95. The van der Waals surface area contributed by atoms with Crippen molar-refractivity contribution < 1.29 is 4.79 Å². The molecule has 2 atom stereocenters. The molecule has 0 aromatic rings. The van der Waals surface area contributed by atoms with Crippen molar-refractivity contribution >= 4 is 5.91 Å². The van der Waals surface area contributed by atoms with Crippen molar-refractivity contribution in [3.8, 4) is 0 Å². The lowest BCUT2D eigenvalue weighted by Gasteiger charge is -2.33. The second-order valence-corrected chi connectivity index (χ2v) is 5.95. The fourth-order valence-corrected chi connectivity index (χ4v) is 3.09. The molecule has 2 saturated heterocycles. The van der Waals surface area contributed by atoms with Crippen LogP contribution in [-0.2, 0) is 4.79 Å². The van der Waals surface area contributed by atoms with Crippen molar-refractivity contribution in [3.05, 3.63) is 0 Å². The summed E-state index contributed by atoms with van der Waals surface area (Å²) < 4.78 is 0. The molecule has 0 bridgehead atoms. The number of fused-ring (bicyclic) bond motifs is 1. The molecule has 4 heteroatoms. The molecule has 2 heterocycles. The van der Waals surface area contributed by atoms with Gasteiger partial charge in [-0.1, -0.05) is 0 Å². The summed E-state index contributed by atoms with van der Waals surface area (Å²) in [5.41, 5.74) is 0. The van der Waals surface area contributed by atoms with Crippen LogP contribution in [0.2, 0.25) is 0 Å². The van der Waals surface area contributed by atoms with Gasteiger partial charge in [0.1, 0.15) is 0 Å². The van der Waals surface area contributed by atoms with Gasteiger partial charge >= 0.3 is 0 Å². The van der Waals surface area contributed by atoms with Crippen LogP contribution in [0.15, 0.2) is 0 Å². The lowest BCUT2D eigenvalue weighted by molar-refractivity contribution is -0.122. The standard InChI is InChI=1S/C13H23N3O/c17-13(15-5-10-1-2-10)9-16-4-3-11-6-14-7-12(11)8-16/h10-12,14H,1-9H2,(H,15,17). The number of nitrogens with one attached hydrogen (secondary N) is 2. The maximum Gasteiger partial charge on any atom is 0.234 e. The number of likely N-dealkylation sites (tertiary alicyclic amines) is 1. The zero-order valence-corrected chi connectivity index (χ0v) is 10.5. The molecule has 2 aliphatic heterocycles. The Kier molecular flexibility index (Phi) is 3.34. The zero-order valence-electron chi connectivity index (χ0n) is 10.5. The first-order valence-corrected chi connectivity index (χ1v) is 7.01. The van der Waals surface area contributed by atoms with Crippen LogP contribution in [0.5, 0.6) is 0 Å². The monoisotopic (exact) mass is 237 g/mol. The van der Waals surface area contributed by atoms with E-state index in [4.69, 9.17) is 0 Å². The number of rotatable bonds is 4. The van der Waals surface area contributed by atoms with Gasteiger partial charge in [0, 0.05) is 13.1 Å². The fraction of sp³-hybridized carbons (Fsp3) is 0.923. The molecule has 96 valence electrons. The first-order valence-electron chi connectivity index (χ1n) is 7.01. The van der Waals surface area contributed by atoms with Gasteiger partial charge in [-0.3, -0.25) is 9.69 Å². The van der Waals surface area contributed by atoms with Crippen molar-refractivity contribution in [3.63, 3.8) is 0 Å². The molecule has 0 radical (unpaired) electrons. The molecule has 1 aliphatic carbocycles. The lowest BCUT2D eigenvalue weighted by Crippen LogP contribution is -2.45. The average Bonchev–Trinajstić information content (AvgIpc) is 3.04. The van der Waals surface area contributed by atoms with Gasteiger partial charge in [-0.05, 0) is 56.7 Å². The van der Waals surface area contributed by atoms with Gasteiger partial charge in [0.15, 0.2) is 0 Å². The molecule has 4 nitrogen and oxygen atoms in total. The van der Waals surface area contributed by atoms with Crippen molar-refractivity contribution in [2.45, 2.75) is 19.3 Å². The number of carbonyl (C=O) groups is 1. The van der Waals surface area contributed by atoms with Crippen LogP contribution in [0, 0.1) is 17.8 Å². The van der Waals surface area contributed by atoms with Gasteiger partial charge in [-0.2, -0.15) is 0 Å². The Bertz CT molecular complexity index is 290. The summed E-state index contributed by atoms with van der Waals surface area (Å²) >= 11 is 0. The molecule has 3 aliphatic rings. The Labute approximate surface area is 103 Å². The Morgan fingerprint density at radius 2 is 2.06 bits per heavy atom. The summed E-state index contributed by atoms with van der Waals surface area (Å²) in [6.45, 7) is 6.04. The molecule has 2 N–H and O–H groups in total. The minimum Gasteiger partial charge on any atom is -0.355 e. The van der Waals surface area contributed by atoms with Crippen LogP contribution in [0.25, 0.3) is 0 Å². The third kappa shape index (κ3) is 2.99. The van der Waals surface area contributed by atoms with E-state index in [0.717, 1.165) is 43.9 Å². The quantitative estimate of drug-likeness (QED) is 0.726. The summed E-state index contributed by atoms with van der Waals surface area (Å²) in [5.74, 6) is 2.64. The molecular formula is C13H23N3O. The van der Waals surface area contributed by atoms with Gasteiger partial charge in [-0.15, -0.1) is 0 Å². The summed E-state index contributed by atoms with van der Waals surface area (Å²) in [5, 5.41) is 6.51. The van der Waals surface area contributed by atoms with E-state index in [0.29, 0.717) is 6.54 Å². The van der Waals surface area contributed by atoms with Gasteiger partial charge < -0.3 is 10.6 Å². The topological polar surface area (TPSA) is 44.4 Å². The minimum atomic E-state index is 0.223. The van der Waals surface area contributed by atoms with Gasteiger partial charge in [0.25, 0.3) is 0 Å². The summed E-state index contributed by atoms with van der Waals surface area (Å²) in [7, 11) is 0. The van der Waals surface area contributed by atoms with E-state index in [1.54, 1.807) is 0 Å². The maximum atomic E-state index is 11.8. The maximum absolute atomic E-state index is 11.8. The summed E-state index contributed by atoms with van der Waals surface area (Å²) in [4.78, 5) is 14.1. The Hall–Kier alpha value is -0.610. The molecule has 2 unspecified atom stereocenters. The number of amides is 1. The van der Waals surface area contributed by atoms with Crippen molar-refractivity contribution in [1.29, 1.82) is 0 Å². The molecule has 3 fully saturated rings. The van der Waals surface area contributed by atoms with E-state index >= 15 is 0 Å². The molecule has 0 spiro atoms. The van der Waals surface area contributed by atoms with Crippen molar-refractivity contribution in [2.24, 2.45) is 17.8 Å². The van der Waals surface area contributed by atoms with E-state index in [-0.39, 0.29) is 5.91 Å². The van der Waals surface area contributed by atoms with Gasteiger partial charge in [0.05, 0.1) is 6.54 Å². The highest BCUT2D eigenvalue weighted by atomic mass is 16.2. The van der Waals surface area contributed by atoms with Crippen LogP contribution >= 0.6 is 0 Å². The van der Waals surface area contributed by atoms with E-state index in [2.05, 4.69) is 15.5 Å². The molecule has 0 aromatic heterocycles. The molecule has 0 aromatic carbocycles. The average molecular weight is 237 g/mol. The van der Waals surface area contributed by atoms with E-state index < -0.39 is 0 Å². The van der Waals surface area contributed by atoms with E-state index in [1.807, 2.05) is 0 Å². The first kappa shape index (κ1) is 11.5. The highest BCUT2D eigenvalue weighted by Crippen LogP contribution is 2.28. The van der Waals surface area contributed by atoms with Crippen LogP contribution < -0.4 is 10.6 Å². The van der Waals surface area contributed by atoms with Crippen molar-refractivity contribution in [1.82, 2.24) is 15.5 Å². The van der Waals surface area contributed by atoms with Gasteiger partial charge in [-0.25, -0.2) is 0 Å². The lowest BCUT2D eigenvalue weighted by atomic mass is 9.89. The Morgan fingerprint density at radius 3 is 2.88 bits per heavy atom. The zero-order chi connectivity index (χ0) is 11.7. The highest BCUT2D eigenvalue weighted by molar-refractivity contribution is 5.78. The first-order chi connectivity index (χ1) is 8.31. The Morgan fingerprint density at radius 1 is 1.24 bits per heavy atom. The van der Waals surface area contributed by atoms with Crippen LogP contribution in [0.4, 0.5) is 0 Å². The van der Waals surface area contributed by atoms with E-state index in [9.17, 15) is 4.79 Å². The predicted molar refractivity (Wildman–Crippen MR) is 66.6 cm³/mol. The molecular weight excluding hydrogens is 214 g/mol. The van der Waals surface area contributed by atoms with Crippen LogP contribution in [-0.4, -0.2) is 50.1 Å². The minimum absolute atomic E-state index is 0.223. The highest BCUT2D eigenvalue weighted by Gasteiger charge is 2.33. The van der Waals surface area contributed by atoms with Crippen molar-refractivity contribution in [2.75, 3.05) is 39.3 Å². The third-order valence-corrected chi connectivity index (χ3v) is 4.44. The number of hydrogen-bond donors (Lipinski definition) is 2. The fourth-order valence-electron chi connectivity index (χ4n) is 3.09. The predicted octanol–water partition coefficient (Wildman–Crippen LogP) is 0.0539. The summed E-state index contributed by atoms with van der Waals surface area (Å²) in [6, 6.07) is 0. The van der Waals surface area contributed by atoms with Crippen LogP contribution in [0.3, 0.4) is 0 Å². The number of piperidine rings is 1. The molecule has 17 heavy (non-hydrogen) atoms. The van der Waals surface area contributed by atoms with Gasteiger partial charge in [0.2, 0.25) is 5.91 Å². The second kappa shape index (κ2) is 4.94. The smallest absolute Gasteiger partial charge is 0.234 e. The molecule has 3 rings (SSSR count). The molecule has 1 amide bonds.